The first-order chi connectivity index (χ1) is 8.60. The van der Waals surface area contributed by atoms with Gasteiger partial charge in [-0.1, -0.05) is 20.8 Å². The molecule has 1 saturated carbocycles. The van der Waals surface area contributed by atoms with Crippen molar-refractivity contribution in [3.8, 4) is 0 Å². The van der Waals surface area contributed by atoms with Gasteiger partial charge in [-0.05, 0) is 19.8 Å². The Morgan fingerprint density at radius 2 is 2.05 bits per heavy atom. The van der Waals surface area contributed by atoms with E-state index in [-0.39, 0.29) is 23.1 Å². The maximum absolute atomic E-state index is 11.9. The van der Waals surface area contributed by atoms with Crippen molar-refractivity contribution in [3.05, 3.63) is 0 Å². The van der Waals surface area contributed by atoms with Crippen LogP contribution in [0.3, 0.4) is 0 Å². The highest BCUT2D eigenvalue weighted by atomic mass is 32.2. The van der Waals surface area contributed by atoms with Crippen LogP contribution < -0.4 is 10.0 Å². The summed E-state index contributed by atoms with van der Waals surface area (Å²) in [5.74, 6) is -0.345. The van der Waals surface area contributed by atoms with Crippen LogP contribution in [0.15, 0.2) is 0 Å². The largest absolute Gasteiger partial charge is 0.392 e. The van der Waals surface area contributed by atoms with Crippen LogP contribution in [0.5, 0.6) is 0 Å². The zero-order chi connectivity index (χ0) is 14.8. The van der Waals surface area contributed by atoms with Gasteiger partial charge in [0.05, 0.1) is 17.9 Å². The first-order valence-electron chi connectivity index (χ1n) is 6.58. The van der Waals surface area contributed by atoms with Gasteiger partial charge < -0.3 is 10.4 Å². The van der Waals surface area contributed by atoms with Gasteiger partial charge in [-0.2, -0.15) is 0 Å². The van der Waals surface area contributed by atoms with Gasteiger partial charge in [0, 0.05) is 11.5 Å². The maximum Gasteiger partial charge on any atom is 0.238 e. The second kappa shape index (κ2) is 5.76. The molecular formula is C12H24N2O4S. The van der Waals surface area contributed by atoms with E-state index in [1.807, 2.05) is 13.8 Å². The van der Waals surface area contributed by atoms with E-state index in [0.29, 0.717) is 12.8 Å². The number of hydrogen-bond donors (Lipinski definition) is 3. The molecule has 0 aliphatic heterocycles. The summed E-state index contributed by atoms with van der Waals surface area (Å²) >= 11 is 0. The lowest BCUT2D eigenvalue weighted by molar-refractivity contribution is -0.130. The zero-order valence-electron chi connectivity index (χ0n) is 11.9. The average Bonchev–Trinajstić information content (AvgIpc) is 2.27. The van der Waals surface area contributed by atoms with E-state index < -0.39 is 22.2 Å². The van der Waals surface area contributed by atoms with Gasteiger partial charge in [0.15, 0.2) is 0 Å². The molecule has 1 fully saturated rings. The predicted octanol–water partition coefficient (Wildman–Crippen LogP) is -0.0201. The van der Waals surface area contributed by atoms with E-state index in [2.05, 4.69) is 10.0 Å². The Labute approximate surface area is 115 Å². The van der Waals surface area contributed by atoms with Gasteiger partial charge in [0.25, 0.3) is 0 Å². The van der Waals surface area contributed by atoms with Crippen molar-refractivity contribution in [3.63, 3.8) is 0 Å². The molecule has 0 radical (unpaired) electrons. The van der Waals surface area contributed by atoms with Crippen molar-refractivity contribution < 1.29 is 18.3 Å². The van der Waals surface area contributed by atoms with Crippen molar-refractivity contribution in [2.24, 2.45) is 5.41 Å². The highest BCUT2D eigenvalue weighted by molar-refractivity contribution is 7.89. The van der Waals surface area contributed by atoms with Gasteiger partial charge >= 0.3 is 0 Å². The fourth-order valence-corrected chi connectivity index (χ4v) is 3.40. The normalized spacial score (nSPS) is 27.4. The summed E-state index contributed by atoms with van der Waals surface area (Å²) in [7, 11) is -3.40. The number of aliphatic hydroxyl groups is 1. The van der Waals surface area contributed by atoms with Crippen LogP contribution in [0.4, 0.5) is 0 Å². The Hall–Kier alpha value is -0.660. The van der Waals surface area contributed by atoms with Crippen molar-refractivity contribution >= 4 is 15.9 Å². The lowest BCUT2D eigenvalue weighted by Crippen LogP contribution is -2.63. The topological polar surface area (TPSA) is 95.5 Å². The number of hydrogen-bond acceptors (Lipinski definition) is 4. The van der Waals surface area contributed by atoms with Gasteiger partial charge in [0.2, 0.25) is 15.9 Å². The molecule has 1 amide bonds. The molecule has 19 heavy (non-hydrogen) atoms. The molecule has 3 atom stereocenters. The van der Waals surface area contributed by atoms with E-state index in [1.165, 1.54) is 6.92 Å². The van der Waals surface area contributed by atoms with E-state index in [4.69, 9.17) is 0 Å². The second-order valence-corrected chi connectivity index (χ2v) is 7.67. The van der Waals surface area contributed by atoms with Gasteiger partial charge in [-0.25, -0.2) is 13.1 Å². The number of amides is 1. The zero-order valence-corrected chi connectivity index (χ0v) is 12.8. The minimum Gasteiger partial charge on any atom is -0.392 e. The van der Waals surface area contributed by atoms with E-state index in [9.17, 15) is 18.3 Å². The molecule has 3 N–H and O–H groups in total. The van der Waals surface area contributed by atoms with Crippen LogP contribution >= 0.6 is 0 Å². The molecule has 0 saturated heterocycles. The maximum atomic E-state index is 11.9. The third-order valence-electron chi connectivity index (χ3n) is 3.75. The van der Waals surface area contributed by atoms with Gasteiger partial charge in [-0.15, -0.1) is 0 Å². The number of rotatable bonds is 6. The van der Waals surface area contributed by atoms with Crippen LogP contribution in [0, 0.1) is 5.41 Å². The number of carbonyl (C=O) groups excluding carboxylic acids is 1. The first kappa shape index (κ1) is 16.4. The minimum atomic E-state index is -3.40. The lowest BCUT2D eigenvalue weighted by atomic mass is 9.64. The van der Waals surface area contributed by atoms with Crippen LogP contribution in [0.2, 0.25) is 0 Å². The van der Waals surface area contributed by atoms with Crippen molar-refractivity contribution in [1.82, 2.24) is 10.0 Å². The van der Waals surface area contributed by atoms with Crippen molar-refractivity contribution in [2.75, 3.05) is 5.75 Å². The molecule has 0 aromatic heterocycles. The molecule has 0 aromatic carbocycles. The Morgan fingerprint density at radius 3 is 2.47 bits per heavy atom. The van der Waals surface area contributed by atoms with Crippen LogP contribution in [0.1, 0.15) is 40.5 Å². The van der Waals surface area contributed by atoms with E-state index in [1.54, 1.807) is 6.92 Å². The molecule has 0 aromatic rings. The summed E-state index contributed by atoms with van der Waals surface area (Å²) in [6.07, 6.45) is 0.587. The second-order valence-electron chi connectivity index (χ2n) is 5.79. The molecule has 0 heterocycles. The summed E-state index contributed by atoms with van der Waals surface area (Å²) in [5, 5.41) is 12.4. The fourth-order valence-electron chi connectivity index (χ4n) is 2.09. The molecule has 6 nitrogen and oxygen atoms in total. The molecule has 1 aliphatic rings. The summed E-state index contributed by atoms with van der Waals surface area (Å²) in [5.41, 5.74) is -0.363. The van der Waals surface area contributed by atoms with Crippen LogP contribution in [-0.2, 0) is 14.8 Å². The van der Waals surface area contributed by atoms with Gasteiger partial charge in [-0.3, -0.25) is 4.79 Å². The number of sulfonamides is 1. The third kappa shape index (κ3) is 3.90. The smallest absolute Gasteiger partial charge is 0.238 e. The number of nitrogens with one attached hydrogen (secondary N) is 2. The van der Waals surface area contributed by atoms with Crippen molar-refractivity contribution in [2.45, 2.75) is 58.7 Å². The first-order valence-corrected chi connectivity index (χ1v) is 8.24. The van der Waals surface area contributed by atoms with Crippen molar-refractivity contribution in [1.29, 1.82) is 0 Å². The Bertz CT molecular complexity index is 433. The summed E-state index contributed by atoms with van der Waals surface area (Å²) in [6.45, 7) is 7.03. The number of carbonyl (C=O) groups is 1. The molecule has 7 heteroatoms. The molecule has 1 aliphatic carbocycles. The average molecular weight is 292 g/mol. The fraction of sp³-hybridized carbons (Fsp3) is 0.917. The Morgan fingerprint density at radius 1 is 1.47 bits per heavy atom. The Balaban J connectivity index is 2.51. The van der Waals surface area contributed by atoms with Gasteiger partial charge in [0.1, 0.15) is 0 Å². The third-order valence-corrected chi connectivity index (χ3v) is 5.41. The molecule has 3 unspecified atom stereocenters. The summed E-state index contributed by atoms with van der Waals surface area (Å²) in [6, 6.07) is -0.918. The Kier molecular flexibility index (Phi) is 4.97. The quantitative estimate of drug-likeness (QED) is 0.641. The summed E-state index contributed by atoms with van der Waals surface area (Å²) in [4.78, 5) is 11.9. The molecule has 0 spiro atoms. The van der Waals surface area contributed by atoms with E-state index in [0.717, 1.165) is 0 Å². The SMILES string of the molecule is CCCS(=O)(=O)NC(C)C(=O)NC1CC(O)C1(C)C. The molecular weight excluding hydrogens is 268 g/mol. The summed E-state index contributed by atoms with van der Waals surface area (Å²) < 4.78 is 25.5. The highest BCUT2D eigenvalue weighted by Gasteiger charge is 2.48. The minimum absolute atomic E-state index is 0.0122. The standard InChI is InChI=1S/C12H24N2O4S/c1-5-6-19(17,18)14-8(2)11(16)13-9-7-10(15)12(9,3)4/h8-10,14-15H,5-7H2,1-4H3,(H,13,16). The van der Waals surface area contributed by atoms with E-state index >= 15 is 0 Å². The van der Waals surface area contributed by atoms with Crippen LogP contribution in [0.25, 0.3) is 0 Å². The highest BCUT2D eigenvalue weighted by Crippen LogP contribution is 2.40. The lowest BCUT2D eigenvalue weighted by Gasteiger charge is -2.49. The molecule has 112 valence electrons. The monoisotopic (exact) mass is 292 g/mol. The number of aliphatic hydroxyl groups excluding tert-OH is 1. The molecule has 0 bridgehead atoms. The van der Waals surface area contributed by atoms with Crippen LogP contribution in [-0.4, -0.2) is 43.4 Å². The molecule has 1 rings (SSSR count). The predicted molar refractivity (Wildman–Crippen MR) is 73.0 cm³/mol.